The Morgan fingerprint density at radius 3 is 2.12 bits per heavy atom. The molecule has 4 rings (SSSR count). The second-order valence-corrected chi connectivity index (χ2v) is 6.97. The molecular formula is C26H23N3O3. The van der Waals surface area contributed by atoms with Gasteiger partial charge in [0.05, 0.1) is 12.2 Å². The molecule has 0 radical (unpaired) electrons. The lowest BCUT2D eigenvalue weighted by molar-refractivity contribution is -0.123. The van der Waals surface area contributed by atoms with Crippen molar-refractivity contribution >= 4 is 5.91 Å². The number of hydrogen-bond donors (Lipinski definition) is 1. The van der Waals surface area contributed by atoms with Crippen LogP contribution in [0.15, 0.2) is 97.1 Å². The molecule has 1 heterocycles. The molecular weight excluding hydrogens is 402 g/mol. The number of rotatable bonds is 9. The molecule has 0 spiro atoms. The summed E-state index contributed by atoms with van der Waals surface area (Å²) >= 11 is 0. The number of nitrogens with one attached hydrogen (secondary N) is 1. The van der Waals surface area contributed by atoms with Crippen molar-refractivity contribution in [2.75, 3.05) is 19.8 Å². The highest BCUT2D eigenvalue weighted by Crippen LogP contribution is 2.29. The van der Waals surface area contributed by atoms with Gasteiger partial charge in [-0.15, -0.1) is 10.2 Å². The standard InChI is InChI=1S/C26H23N3O3/c30-25(19-32-24-14-8-7-13-22(24)20-9-3-1-4-10-20)27-17-18-31-26-16-15-23(28-29-26)21-11-5-2-6-12-21/h1-16H,17-19H2,(H,27,30). The van der Waals surface area contributed by atoms with Crippen molar-refractivity contribution in [3.63, 3.8) is 0 Å². The van der Waals surface area contributed by atoms with Gasteiger partial charge in [0.15, 0.2) is 6.61 Å². The summed E-state index contributed by atoms with van der Waals surface area (Å²) in [4.78, 5) is 12.2. The molecule has 32 heavy (non-hydrogen) atoms. The van der Waals surface area contributed by atoms with Crippen LogP contribution in [0.2, 0.25) is 0 Å². The highest BCUT2D eigenvalue weighted by molar-refractivity contribution is 5.78. The van der Waals surface area contributed by atoms with Gasteiger partial charge in [-0.2, -0.15) is 0 Å². The van der Waals surface area contributed by atoms with E-state index in [0.29, 0.717) is 18.2 Å². The third kappa shape index (κ3) is 5.70. The molecule has 1 amide bonds. The van der Waals surface area contributed by atoms with Gasteiger partial charge < -0.3 is 14.8 Å². The molecule has 160 valence electrons. The van der Waals surface area contributed by atoms with Gasteiger partial charge in [0, 0.05) is 17.2 Å². The Morgan fingerprint density at radius 1 is 0.719 bits per heavy atom. The SMILES string of the molecule is O=C(COc1ccccc1-c1ccccc1)NCCOc1ccc(-c2ccccc2)nn1. The first kappa shape index (κ1) is 21.1. The molecule has 4 aromatic rings. The van der Waals surface area contributed by atoms with Crippen LogP contribution in [0.5, 0.6) is 11.6 Å². The minimum absolute atomic E-state index is 0.0740. The Morgan fingerprint density at radius 2 is 1.41 bits per heavy atom. The van der Waals surface area contributed by atoms with Crippen LogP contribution in [-0.4, -0.2) is 35.9 Å². The summed E-state index contributed by atoms with van der Waals surface area (Å²) in [6.07, 6.45) is 0. The fourth-order valence-corrected chi connectivity index (χ4v) is 3.15. The average Bonchev–Trinajstić information content (AvgIpc) is 2.87. The van der Waals surface area contributed by atoms with Crippen molar-refractivity contribution in [3.8, 4) is 34.0 Å². The number of hydrogen-bond acceptors (Lipinski definition) is 5. The zero-order valence-electron chi connectivity index (χ0n) is 17.5. The molecule has 0 aliphatic rings. The molecule has 0 saturated heterocycles. The Hall–Kier alpha value is -4.19. The molecule has 1 aromatic heterocycles. The Bertz CT molecular complexity index is 1130. The Kier molecular flexibility index (Phi) is 7.06. The summed E-state index contributed by atoms with van der Waals surface area (Å²) in [6.45, 7) is 0.547. The maximum absolute atomic E-state index is 12.2. The van der Waals surface area contributed by atoms with E-state index in [1.807, 2.05) is 91.0 Å². The van der Waals surface area contributed by atoms with E-state index in [1.54, 1.807) is 6.07 Å². The van der Waals surface area contributed by atoms with Crippen LogP contribution in [0, 0.1) is 0 Å². The van der Waals surface area contributed by atoms with E-state index in [2.05, 4.69) is 15.5 Å². The number of para-hydroxylation sites is 1. The minimum atomic E-state index is -0.220. The van der Waals surface area contributed by atoms with Gasteiger partial charge in [0.25, 0.3) is 5.91 Å². The molecule has 0 unspecified atom stereocenters. The van der Waals surface area contributed by atoms with Gasteiger partial charge in [-0.05, 0) is 17.7 Å². The second-order valence-electron chi connectivity index (χ2n) is 6.97. The molecule has 3 aromatic carbocycles. The van der Waals surface area contributed by atoms with Crippen molar-refractivity contribution in [1.29, 1.82) is 0 Å². The summed E-state index contributed by atoms with van der Waals surface area (Å²) < 4.78 is 11.3. The summed E-state index contributed by atoms with van der Waals surface area (Å²) in [7, 11) is 0. The summed E-state index contributed by atoms with van der Waals surface area (Å²) in [6, 6.07) is 31.0. The summed E-state index contributed by atoms with van der Waals surface area (Å²) in [5, 5.41) is 11.0. The summed E-state index contributed by atoms with van der Waals surface area (Å²) in [5.41, 5.74) is 3.75. The number of ether oxygens (including phenoxy) is 2. The predicted octanol–water partition coefficient (Wildman–Crippen LogP) is 4.38. The van der Waals surface area contributed by atoms with Crippen molar-refractivity contribution in [1.82, 2.24) is 15.5 Å². The molecule has 0 saturated carbocycles. The predicted molar refractivity (Wildman–Crippen MR) is 123 cm³/mol. The maximum atomic E-state index is 12.2. The first-order valence-corrected chi connectivity index (χ1v) is 10.4. The van der Waals surface area contributed by atoms with E-state index < -0.39 is 0 Å². The van der Waals surface area contributed by atoms with E-state index in [1.165, 1.54) is 0 Å². The minimum Gasteiger partial charge on any atom is -0.483 e. The molecule has 6 nitrogen and oxygen atoms in total. The molecule has 1 N–H and O–H groups in total. The second kappa shape index (κ2) is 10.7. The van der Waals surface area contributed by atoms with Gasteiger partial charge in [0.2, 0.25) is 5.88 Å². The van der Waals surface area contributed by atoms with Crippen LogP contribution in [0.25, 0.3) is 22.4 Å². The average molecular weight is 425 g/mol. The largest absolute Gasteiger partial charge is 0.483 e. The molecule has 0 bridgehead atoms. The van der Waals surface area contributed by atoms with Crippen LogP contribution in [0.3, 0.4) is 0 Å². The van der Waals surface area contributed by atoms with Gasteiger partial charge >= 0.3 is 0 Å². The van der Waals surface area contributed by atoms with Crippen LogP contribution >= 0.6 is 0 Å². The highest BCUT2D eigenvalue weighted by Gasteiger charge is 2.08. The quantitative estimate of drug-likeness (QED) is 0.403. The van der Waals surface area contributed by atoms with Crippen molar-refractivity contribution < 1.29 is 14.3 Å². The fourth-order valence-electron chi connectivity index (χ4n) is 3.15. The molecule has 0 fully saturated rings. The highest BCUT2D eigenvalue weighted by atomic mass is 16.5. The smallest absolute Gasteiger partial charge is 0.258 e. The van der Waals surface area contributed by atoms with E-state index in [-0.39, 0.29) is 19.1 Å². The van der Waals surface area contributed by atoms with E-state index >= 15 is 0 Å². The number of amides is 1. The number of benzene rings is 3. The number of carbonyl (C=O) groups is 1. The lowest BCUT2D eigenvalue weighted by Crippen LogP contribution is -2.32. The Labute approximate surface area is 186 Å². The zero-order chi connectivity index (χ0) is 22.0. The number of carbonyl (C=O) groups excluding carboxylic acids is 1. The fraction of sp³-hybridized carbons (Fsp3) is 0.115. The van der Waals surface area contributed by atoms with Crippen molar-refractivity contribution in [2.24, 2.45) is 0 Å². The maximum Gasteiger partial charge on any atom is 0.258 e. The lowest BCUT2D eigenvalue weighted by atomic mass is 10.1. The number of nitrogens with zero attached hydrogens (tertiary/aromatic N) is 2. The van der Waals surface area contributed by atoms with Gasteiger partial charge in [-0.1, -0.05) is 78.9 Å². The van der Waals surface area contributed by atoms with Gasteiger partial charge in [0.1, 0.15) is 12.4 Å². The lowest BCUT2D eigenvalue weighted by Gasteiger charge is -2.12. The van der Waals surface area contributed by atoms with Crippen LogP contribution in [0.4, 0.5) is 0 Å². The van der Waals surface area contributed by atoms with Crippen LogP contribution < -0.4 is 14.8 Å². The molecule has 0 atom stereocenters. The third-order valence-electron chi connectivity index (χ3n) is 4.71. The topological polar surface area (TPSA) is 73.3 Å². The normalized spacial score (nSPS) is 10.4. The molecule has 0 aliphatic heterocycles. The van der Waals surface area contributed by atoms with E-state index in [4.69, 9.17) is 9.47 Å². The van der Waals surface area contributed by atoms with E-state index in [0.717, 1.165) is 22.4 Å². The van der Waals surface area contributed by atoms with Crippen molar-refractivity contribution in [2.45, 2.75) is 0 Å². The van der Waals surface area contributed by atoms with Gasteiger partial charge in [-0.25, -0.2) is 0 Å². The number of aromatic nitrogens is 2. The molecule has 0 aliphatic carbocycles. The monoisotopic (exact) mass is 425 g/mol. The van der Waals surface area contributed by atoms with Crippen LogP contribution in [0.1, 0.15) is 0 Å². The van der Waals surface area contributed by atoms with Gasteiger partial charge in [-0.3, -0.25) is 4.79 Å². The zero-order valence-corrected chi connectivity index (χ0v) is 17.5. The summed E-state index contributed by atoms with van der Waals surface area (Å²) in [5.74, 6) is 0.854. The first-order chi connectivity index (χ1) is 15.8. The third-order valence-corrected chi connectivity index (χ3v) is 4.71. The first-order valence-electron chi connectivity index (χ1n) is 10.4. The van der Waals surface area contributed by atoms with Crippen LogP contribution in [-0.2, 0) is 4.79 Å². The van der Waals surface area contributed by atoms with E-state index in [9.17, 15) is 4.79 Å². The van der Waals surface area contributed by atoms with Crippen molar-refractivity contribution in [3.05, 3.63) is 97.1 Å². The molecule has 6 heteroatoms. The Balaban J connectivity index is 1.21.